The Bertz CT molecular complexity index is 933. The summed E-state index contributed by atoms with van der Waals surface area (Å²) in [5, 5.41) is 6.50. The van der Waals surface area contributed by atoms with Crippen LogP contribution in [0, 0.1) is 0 Å². The lowest BCUT2D eigenvalue weighted by Crippen LogP contribution is -2.32. The first-order valence-electron chi connectivity index (χ1n) is 8.73. The van der Waals surface area contributed by atoms with Crippen LogP contribution in [-0.4, -0.2) is 33.4 Å². The Morgan fingerprint density at radius 1 is 1.30 bits per heavy atom. The van der Waals surface area contributed by atoms with Gasteiger partial charge >= 0.3 is 0 Å². The van der Waals surface area contributed by atoms with Crippen LogP contribution in [0.25, 0.3) is 0 Å². The number of aliphatic imine (C=N–C) groups is 1. The highest BCUT2D eigenvalue weighted by Gasteiger charge is 2.34. The summed E-state index contributed by atoms with van der Waals surface area (Å²) in [6.07, 6.45) is 5.78. The summed E-state index contributed by atoms with van der Waals surface area (Å²) in [7, 11) is 0. The van der Waals surface area contributed by atoms with Crippen LogP contribution in [0.2, 0.25) is 0 Å². The van der Waals surface area contributed by atoms with Crippen LogP contribution < -0.4 is 16.5 Å². The number of amidine groups is 1. The number of hydrogen-bond donors (Lipinski definition) is 3. The van der Waals surface area contributed by atoms with Gasteiger partial charge in [-0.2, -0.15) is 0 Å². The van der Waals surface area contributed by atoms with E-state index < -0.39 is 0 Å². The zero-order chi connectivity index (χ0) is 19.0. The summed E-state index contributed by atoms with van der Waals surface area (Å²) < 4.78 is 3.65. The highest BCUT2D eigenvalue weighted by molar-refractivity contribution is 7.96. The molecule has 27 heavy (non-hydrogen) atoms. The molecule has 0 bridgehead atoms. The van der Waals surface area contributed by atoms with Crippen molar-refractivity contribution in [2.24, 2.45) is 4.99 Å². The highest BCUT2D eigenvalue weighted by atomic mass is 32.2. The number of hydrogen-bond acceptors (Lipinski definition) is 7. The first-order valence-corrected chi connectivity index (χ1v) is 9.91. The van der Waals surface area contributed by atoms with Crippen LogP contribution in [0.5, 0.6) is 0 Å². The zero-order valence-electron chi connectivity index (χ0n) is 15.3. The number of nitrogens with zero attached hydrogens (tertiary/aromatic N) is 3. The topological polar surface area (TPSA) is 87.7 Å². The second-order valence-corrected chi connectivity index (χ2v) is 7.39. The van der Waals surface area contributed by atoms with E-state index in [-0.39, 0.29) is 11.8 Å². The smallest absolute Gasteiger partial charge is 0.181 e. The van der Waals surface area contributed by atoms with E-state index in [4.69, 9.17) is 5.84 Å². The number of aromatic nitrogens is 1. The molecule has 7 nitrogen and oxygen atoms in total. The van der Waals surface area contributed by atoms with Crippen molar-refractivity contribution in [2.45, 2.75) is 19.5 Å². The summed E-state index contributed by atoms with van der Waals surface area (Å²) in [4.78, 5) is 17.6. The number of para-hydroxylation sites is 1. The summed E-state index contributed by atoms with van der Waals surface area (Å²) >= 11 is 1.55. The number of fused-ring (bicyclic) bond motifs is 1. The van der Waals surface area contributed by atoms with Crippen molar-refractivity contribution >= 4 is 34.9 Å². The van der Waals surface area contributed by atoms with Crippen molar-refractivity contribution in [2.75, 3.05) is 24.0 Å². The maximum Gasteiger partial charge on any atom is 0.181 e. The number of nitrogen functional groups attached to an aromatic ring is 1. The monoisotopic (exact) mass is 382 g/mol. The van der Waals surface area contributed by atoms with Crippen molar-refractivity contribution in [3.63, 3.8) is 0 Å². The molecule has 4 rings (SSSR count). The molecule has 2 aliphatic rings. The molecule has 0 fully saturated rings. The van der Waals surface area contributed by atoms with Crippen LogP contribution in [-0.2, 0) is 6.54 Å². The first kappa shape index (κ1) is 17.7. The second kappa shape index (κ2) is 7.13. The fourth-order valence-corrected chi connectivity index (χ4v) is 3.99. The van der Waals surface area contributed by atoms with E-state index in [1.165, 1.54) is 0 Å². The predicted molar refractivity (Wildman–Crippen MR) is 111 cm³/mol. The summed E-state index contributed by atoms with van der Waals surface area (Å²) in [6.45, 7) is 2.89. The first-order chi connectivity index (χ1) is 13.1. The number of ketones is 1. The number of anilines is 2. The fourth-order valence-electron chi connectivity index (χ4n) is 3.49. The Morgan fingerprint density at radius 2 is 2.07 bits per heavy atom. The van der Waals surface area contributed by atoms with Gasteiger partial charge in [0.25, 0.3) is 0 Å². The normalized spacial score (nSPS) is 19.4. The lowest BCUT2D eigenvalue weighted by molar-refractivity contribution is 0.0954. The van der Waals surface area contributed by atoms with Crippen LogP contribution in [0.15, 0.2) is 47.6 Å². The lowest BCUT2D eigenvalue weighted by atomic mass is 10.0. The molecule has 2 aliphatic heterocycles. The molecule has 0 saturated carbocycles. The number of benzene rings is 1. The van der Waals surface area contributed by atoms with Crippen LogP contribution in [0.3, 0.4) is 0 Å². The predicted octanol–water partition coefficient (Wildman–Crippen LogP) is 2.80. The van der Waals surface area contributed by atoms with E-state index in [2.05, 4.69) is 15.6 Å². The third-order valence-corrected chi connectivity index (χ3v) is 5.53. The van der Waals surface area contributed by atoms with E-state index in [1.54, 1.807) is 16.6 Å². The molecule has 1 aromatic heterocycles. The van der Waals surface area contributed by atoms with Gasteiger partial charge < -0.3 is 16.5 Å². The molecule has 1 aromatic carbocycles. The van der Waals surface area contributed by atoms with Gasteiger partial charge in [-0.05, 0) is 31.4 Å². The van der Waals surface area contributed by atoms with Crippen LogP contribution >= 0.6 is 11.9 Å². The third kappa shape index (κ3) is 3.22. The van der Waals surface area contributed by atoms with Crippen molar-refractivity contribution < 1.29 is 4.79 Å². The average molecular weight is 382 g/mol. The number of Topliss-reactive ketones (excluding diaryl/α,β-unsaturated/α-hetero) is 1. The Morgan fingerprint density at radius 3 is 2.78 bits per heavy atom. The molecule has 0 radical (unpaired) electrons. The van der Waals surface area contributed by atoms with E-state index in [0.717, 1.165) is 28.6 Å². The van der Waals surface area contributed by atoms with Gasteiger partial charge in [0.05, 0.1) is 41.6 Å². The number of nitrogens with two attached hydrogens (primary N) is 1. The molecule has 8 heteroatoms. The molecule has 0 saturated heterocycles. The second-order valence-electron chi connectivity index (χ2n) is 6.51. The van der Waals surface area contributed by atoms with Gasteiger partial charge in [-0.15, -0.1) is 0 Å². The van der Waals surface area contributed by atoms with E-state index >= 15 is 0 Å². The van der Waals surface area contributed by atoms with Gasteiger partial charge in [-0.3, -0.25) is 14.5 Å². The standard InChI is InChI=1S/C19H22N6OS/c1-12-21-9-8-14(22-12)19-18(23-13-6-4-3-5-7-13)17-15(25(19)20)10-24(27-2)11-16(17)26/h3-9,14,23H,10-11,20H2,1-2H3,(H,21,22). The van der Waals surface area contributed by atoms with Gasteiger partial charge in [0.15, 0.2) is 5.78 Å². The Labute approximate surface area is 162 Å². The van der Waals surface area contributed by atoms with Crippen molar-refractivity contribution in [1.29, 1.82) is 0 Å². The molecule has 0 amide bonds. The van der Waals surface area contributed by atoms with Gasteiger partial charge in [0, 0.05) is 11.9 Å². The third-order valence-electron chi connectivity index (χ3n) is 4.75. The molecule has 3 heterocycles. The van der Waals surface area contributed by atoms with Crippen molar-refractivity contribution in [3.8, 4) is 0 Å². The molecule has 140 valence electrons. The number of carbonyl (C=O) groups is 1. The molecule has 0 spiro atoms. The SMILES string of the molecule is CSN1CC(=O)c2c(Nc3ccccc3)c(C3C=CNC(C)=N3)n(N)c2C1. The van der Waals surface area contributed by atoms with Gasteiger partial charge in [0.2, 0.25) is 0 Å². The van der Waals surface area contributed by atoms with Crippen molar-refractivity contribution in [1.82, 2.24) is 14.3 Å². The molecule has 0 aliphatic carbocycles. The maximum absolute atomic E-state index is 12.9. The van der Waals surface area contributed by atoms with Crippen LogP contribution in [0.1, 0.15) is 34.7 Å². The number of carbonyl (C=O) groups excluding carboxylic acids is 1. The minimum absolute atomic E-state index is 0.0631. The summed E-state index contributed by atoms with van der Waals surface area (Å²) in [5.74, 6) is 7.37. The average Bonchev–Trinajstić information content (AvgIpc) is 2.94. The molecular formula is C19H22N6OS. The van der Waals surface area contributed by atoms with E-state index in [9.17, 15) is 4.79 Å². The molecule has 1 unspecified atom stereocenters. The molecular weight excluding hydrogens is 360 g/mol. The summed E-state index contributed by atoms with van der Waals surface area (Å²) in [6, 6.07) is 9.55. The van der Waals surface area contributed by atoms with E-state index in [1.807, 2.05) is 60.1 Å². The largest absolute Gasteiger partial charge is 0.353 e. The highest BCUT2D eigenvalue weighted by Crippen LogP contribution is 2.39. The number of rotatable bonds is 4. The minimum Gasteiger partial charge on any atom is -0.353 e. The lowest BCUT2D eigenvalue weighted by Gasteiger charge is -2.24. The molecule has 2 aromatic rings. The maximum atomic E-state index is 12.9. The quantitative estimate of drug-likeness (QED) is 0.557. The van der Waals surface area contributed by atoms with Gasteiger partial charge in [-0.25, -0.2) is 4.31 Å². The van der Waals surface area contributed by atoms with Crippen molar-refractivity contribution in [3.05, 3.63) is 59.6 Å². The van der Waals surface area contributed by atoms with Crippen LogP contribution in [0.4, 0.5) is 11.4 Å². The van der Waals surface area contributed by atoms with Gasteiger partial charge in [0.1, 0.15) is 6.04 Å². The fraction of sp³-hybridized carbons (Fsp3) is 0.263. The molecule has 4 N–H and O–H groups in total. The Kier molecular flexibility index (Phi) is 4.67. The zero-order valence-corrected chi connectivity index (χ0v) is 16.1. The summed E-state index contributed by atoms with van der Waals surface area (Å²) in [5.41, 5.74) is 3.93. The number of nitrogens with one attached hydrogen (secondary N) is 2. The molecule has 1 atom stereocenters. The minimum atomic E-state index is -0.261. The Hall–Kier alpha value is -2.71. The van der Waals surface area contributed by atoms with E-state index in [0.29, 0.717) is 18.7 Å². The van der Waals surface area contributed by atoms with Gasteiger partial charge in [-0.1, -0.05) is 30.1 Å². The Balaban J connectivity index is 1.88.